The predicted octanol–water partition coefficient (Wildman–Crippen LogP) is 5.02. The minimum absolute atomic E-state index is 1.20. The third-order valence-corrected chi connectivity index (χ3v) is 9.33. The maximum absolute atomic E-state index is 7.35. The highest BCUT2D eigenvalue weighted by Crippen LogP contribution is 2.23. The first-order chi connectivity index (χ1) is 11.7. The fraction of sp³-hybridized carbons (Fsp3) is 0. The van der Waals surface area contributed by atoms with Gasteiger partial charge in [-0.05, 0) is 31.9 Å². The predicted molar refractivity (Wildman–Crippen MR) is 109 cm³/mol. The Bertz CT molecular complexity index is 962. The zero-order valence-corrected chi connectivity index (χ0v) is 15.0. The van der Waals surface area contributed by atoms with Gasteiger partial charge in [-0.3, -0.25) is 0 Å². The van der Waals surface area contributed by atoms with E-state index in [0.717, 1.165) is 0 Å². The van der Waals surface area contributed by atoms with E-state index in [1.807, 2.05) is 5.70 Å². The van der Waals surface area contributed by atoms with Gasteiger partial charge in [0, 0.05) is 0 Å². The monoisotopic (exact) mass is 344 g/mol. The highest BCUT2D eigenvalue weighted by Gasteiger charge is 2.35. The molecule has 0 bridgehead atoms. The van der Waals surface area contributed by atoms with Gasteiger partial charge in [0.15, 0.2) is 0 Å². The average molecular weight is 345 g/mol. The lowest BCUT2D eigenvalue weighted by Crippen LogP contribution is -2.52. The molecular weight excluding hydrogens is 328 g/mol. The van der Waals surface area contributed by atoms with Gasteiger partial charge in [0.05, 0.1) is 0 Å². The summed E-state index contributed by atoms with van der Waals surface area (Å²) in [4.78, 5) is 0. The van der Waals surface area contributed by atoms with Crippen molar-refractivity contribution in [1.82, 2.24) is 0 Å². The molecule has 0 saturated heterocycles. The zero-order valence-electron chi connectivity index (χ0n) is 13.2. The van der Waals surface area contributed by atoms with Crippen LogP contribution < -0.4 is 10.4 Å². The van der Waals surface area contributed by atoms with Crippen molar-refractivity contribution in [3.63, 3.8) is 0 Å². The summed E-state index contributed by atoms with van der Waals surface area (Å²) in [7, 11) is -2.57. The third kappa shape index (κ3) is 2.29. The van der Waals surface area contributed by atoms with Crippen LogP contribution >= 0.6 is 11.1 Å². The van der Waals surface area contributed by atoms with Crippen molar-refractivity contribution >= 4 is 50.4 Å². The van der Waals surface area contributed by atoms with Gasteiger partial charge in [0.1, 0.15) is 0 Å². The molecule has 0 saturated carbocycles. The van der Waals surface area contributed by atoms with E-state index in [4.69, 9.17) is 11.1 Å². The third-order valence-electron chi connectivity index (χ3n) is 4.64. The second-order valence-corrected chi connectivity index (χ2v) is 10.7. The van der Waals surface area contributed by atoms with Crippen LogP contribution in [0, 0.1) is 0 Å². The van der Waals surface area contributed by atoms with Crippen LogP contribution in [0.25, 0.3) is 21.5 Å². The Labute approximate surface area is 147 Å². The van der Waals surface area contributed by atoms with E-state index in [0.29, 0.717) is 0 Å². The molecule has 4 aromatic rings. The molecule has 0 nitrogen and oxygen atoms in total. The largest absolute Gasteiger partial charge is 0.241 e. The molecule has 0 aliphatic rings. The summed E-state index contributed by atoms with van der Waals surface area (Å²) in [5.41, 5.74) is 1.98. The fourth-order valence-electron chi connectivity index (χ4n) is 3.45. The molecule has 0 radical (unpaired) electrons. The summed E-state index contributed by atoms with van der Waals surface area (Å²) in [6.07, 6.45) is 0. The SMILES string of the molecule is C=C[Si](Cl)(c1cccc2ccccc12)c1cccc2ccccc12. The Hall–Kier alpha value is -2.35. The second-order valence-electron chi connectivity index (χ2n) is 5.97. The molecule has 0 amide bonds. The Morgan fingerprint density at radius 3 is 1.50 bits per heavy atom. The van der Waals surface area contributed by atoms with Crippen molar-refractivity contribution in [1.29, 1.82) is 0 Å². The quantitative estimate of drug-likeness (QED) is 0.362. The molecular formula is C22H17ClSi. The van der Waals surface area contributed by atoms with Gasteiger partial charge < -0.3 is 0 Å². The minimum Gasteiger partial charge on any atom is -0.149 e. The molecule has 0 spiro atoms. The topological polar surface area (TPSA) is 0 Å². The maximum atomic E-state index is 7.35. The number of hydrogen-bond donors (Lipinski definition) is 0. The van der Waals surface area contributed by atoms with Crippen LogP contribution in [0.1, 0.15) is 0 Å². The van der Waals surface area contributed by atoms with Gasteiger partial charge in [-0.1, -0.05) is 90.6 Å². The summed E-state index contributed by atoms with van der Waals surface area (Å²) >= 11 is 7.35. The van der Waals surface area contributed by atoms with Crippen LogP contribution in [-0.4, -0.2) is 7.38 Å². The van der Waals surface area contributed by atoms with Crippen LogP contribution in [0.15, 0.2) is 97.2 Å². The van der Waals surface area contributed by atoms with Gasteiger partial charge in [-0.25, -0.2) is 0 Å². The van der Waals surface area contributed by atoms with Crippen LogP contribution in [0.5, 0.6) is 0 Å². The van der Waals surface area contributed by atoms with Crippen molar-refractivity contribution in [2.45, 2.75) is 0 Å². The molecule has 4 aromatic carbocycles. The molecule has 116 valence electrons. The second kappa shape index (κ2) is 5.93. The fourth-order valence-corrected chi connectivity index (χ4v) is 7.09. The minimum atomic E-state index is -2.57. The number of fused-ring (bicyclic) bond motifs is 2. The molecule has 2 heteroatoms. The number of benzene rings is 4. The first-order valence-corrected chi connectivity index (χ1v) is 11.1. The summed E-state index contributed by atoms with van der Waals surface area (Å²) in [5, 5.41) is 7.27. The molecule has 0 N–H and O–H groups in total. The molecule has 4 rings (SSSR count). The van der Waals surface area contributed by atoms with E-state index >= 15 is 0 Å². The van der Waals surface area contributed by atoms with Crippen LogP contribution in [-0.2, 0) is 0 Å². The first-order valence-electron chi connectivity index (χ1n) is 8.03. The standard InChI is InChI=1S/C22H17ClSi/c1-2-24(23,21-15-7-11-17-9-3-5-13-19(17)21)22-16-8-12-18-10-4-6-14-20(18)22/h2-16H,1H2. The van der Waals surface area contributed by atoms with Gasteiger partial charge in [0.2, 0.25) is 7.38 Å². The molecule has 0 aromatic heterocycles. The molecule has 0 fully saturated rings. The van der Waals surface area contributed by atoms with Gasteiger partial charge in [0.25, 0.3) is 0 Å². The van der Waals surface area contributed by atoms with Crippen LogP contribution in [0.3, 0.4) is 0 Å². The van der Waals surface area contributed by atoms with Crippen molar-refractivity contribution in [3.05, 3.63) is 97.2 Å². The lowest BCUT2D eigenvalue weighted by molar-refractivity contribution is 1.76. The van der Waals surface area contributed by atoms with Gasteiger partial charge in [-0.2, -0.15) is 0 Å². The summed E-state index contributed by atoms with van der Waals surface area (Å²) in [6.45, 7) is 4.13. The van der Waals surface area contributed by atoms with E-state index in [2.05, 4.69) is 91.5 Å². The molecule has 0 heterocycles. The molecule has 0 unspecified atom stereocenters. The van der Waals surface area contributed by atoms with Gasteiger partial charge in [-0.15, -0.1) is 17.7 Å². The lowest BCUT2D eigenvalue weighted by Gasteiger charge is -2.25. The Balaban J connectivity index is 2.07. The smallest absolute Gasteiger partial charge is 0.149 e. The Kier molecular flexibility index (Phi) is 3.76. The van der Waals surface area contributed by atoms with E-state index < -0.39 is 7.38 Å². The summed E-state index contributed by atoms with van der Waals surface area (Å²) in [6, 6.07) is 29.6. The molecule has 0 aliphatic carbocycles. The Morgan fingerprint density at radius 2 is 1.04 bits per heavy atom. The van der Waals surface area contributed by atoms with E-state index in [-0.39, 0.29) is 0 Å². The van der Waals surface area contributed by atoms with E-state index in [9.17, 15) is 0 Å². The number of hydrogen-bond acceptors (Lipinski definition) is 0. The van der Waals surface area contributed by atoms with Crippen LogP contribution in [0.4, 0.5) is 0 Å². The van der Waals surface area contributed by atoms with E-state index in [1.165, 1.54) is 31.9 Å². The molecule has 0 atom stereocenters. The zero-order chi connectivity index (χ0) is 16.6. The Morgan fingerprint density at radius 1 is 0.625 bits per heavy atom. The summed E-state index contributed by atoms with van der Waals surface area (Å²) in [5.74, 6) is 0. The number of halogens is 1. The highest BCUT2D eigenvalue weighted by molar-refractivity contribution is 7.37. The maximum Gasteiger partial charge on any atom is 0.241 e. The lowest BCUT2D eigenvalue weighted by atomic mass is 10.1. The van der Waals surface area contributed by atoms with E-state index in [1.54, 1.807) is 0 Å². The average Bonchev–Trinajstić information content (AvgIpc) is 2.66. The number of rotatable bonds is 3. The van der Waals surface area contributed by atoms with Crippen molar-refractivity contribution < 1.29 is 0 Å². The van der Waals surface area contributed by atoms with Crippen molar-refractivity contribution in [2.24, 2.45) is 0 Å². The first kappa shape index (κ1) is 15.2. The van der Waals surface area contributed by atoms with Gasteiger partial charge >= 0.3 is 0 Å². The van der Waals surface area contributed by atoms with Crippen LogP contribution in [0.2, 0.25) is 0 Å². The summed E-state index contributed by atoms with van der Waals surface area (Å²) < 4.78 is 0. The molecule has 24 heavy (non-hydrogen) atoms. The van der Waals surface area contributed by atoms with Crippen molar-refractivity contribution in [3.8, 4) is 0 Å². The molecule has 0 aliphatic heterocycles. The highest BCUT2D eigenvalue weighted by atomic mass is 35.6. The normalized spacial score (nSPS) is 11.7. The van der Waals surface area contributed by atoms with Crippen molar-refractivity contribution in [2.75, 3.05) is 0 Å².